The molecule has 0 radical (unpaired) electrons. The molecule has 0 unspecified atom stereocenters. The van der Waals surface area contributed by atoms with Gasteiger partial charge in [0.15, 0.2) is 5.75 Å². The average molecular weight is 355 g/mol. The molecule has 1 aromatic heterocycles. The van der Waals surface area contributed by atoms with E-state index in [9.17, 15) is 13.2 Å². The summed E-state index contributed by atoms with van der Waals surface area (Å²) in [6.07, 6.45) is -0.549. The molecule has 0 bridgehead atoms. The van der Waals surface area contributed by atoms with Crippen molar-refractivity contribution in [3.05, 3.63) is 47.8 Å². The number of hydrogen-bond donors (Lipinski definition) is 1. The van der Waals surface area contributed by atoms with Gasteiger partial charge in [0.1, 0.15) is 6.10 Å². The molecule has 5 nitrogen and oxygen atoms in total. The number of hydrogen-bond acceptors (Lipinski definition) is 4. The van der Waals surface area contributed by atoms with E-state index in [1.54, 1.807) is 23.1 Å². The maximum Gasteiger partial charge on any atom is 0.416 e. The Morgan fingerprint density at radius 3 is 2.92 bits per heavy atom. The van der Waals surface area contributed by atoms with Gasteiger partial charge in [-0.15, -0.1) is 0 Å². The van der Waals surface area contributed by atoms with Crippen LogP contribution in [0.4, 0.5) is 13.2 Å². The summed E-state index contributed by atoms with van der Waals surface area (Å²) in [4.78, 5) is 0. The third-order valence-electron chi connectivity index (χ3n) is 4.07. The lowest BCUT2D eigenvalue weighted by atomic mass is 10.1. The molecule has 1 aromatic carbocycles. The monoisotopic (exact) mass is 355 g/mol. The second-order valence-corrected chi connectivity index (χ2v) is 6.05. The Morgan fingerprint density at radius 1 is 1.36 bits per heavy atom. The van der Waals surface area contributed by atoms with Gasteiger partial charge < -0.3 is 14.8 Å². The largest absolute Gasteiger partial charge is 0.483 e. The molecule has 0 saturated carbocycles. The predicted octanol–water partition coefficient (Wildman–Crippen LogP) is 2.42. The number of benzene rings is 1. The molecular weight excluding hydrogens is 335 g/mol. The quantitative estimate of drug-likeness (QED) is 0.865. The van der Waals surface area contributed by atoms with Crippen LogP contribution < -0.4 is 10.1 Å². The minimum Gasteiger partial charge on any atom is -0.483 e. The van der Waals surface area contributed by atoms with Gasteiger partial charge in [-0.25, -0.2) is 0 Å². The first kappa shape index (κ1) is 17.8. The van der Waals surface area contributed by atoms with Crippen LogP contribution in [0.25, 0.3) is 0 Å². The smallest absolute Gasteiger partial charge is 0.416 e. The SMILES string of the molecule is Cn1cc(O[C@@H]2COC[C@@H]2NCCc2cccc(C(F)(F)F)c2)cn1. The summed E-state index contributed by atoms with van der Waals surface area (Å²) >= 11 is 0. The zero-order chi connectivity index (χ0) is 17.9. The highest BCUT2D eigenvalue weighted by molar-refractivity contribution is 5.25. The standard InChI is InChI=1S/C17H20F3N3O2/c1-23-9-14(8-22-23)25-16-11-24-10-15(16)21-6-5-12-3-2-4-13(7-12)17(18,19)20/h2-4,7-9,15-16,21H,5-6,10-11H2,1H3/t15-,16+/m0/s1. The molecule has 1 saturated heterocycles. The van der Waals surface area contributed by atoms with Gasteiger partial charge in [0, 0.05) is 7.05 Å². The van der Waals surface area contributed by atoms with Gasteiger partial charge in [-0.2, -0.15) is 18.3 Å². The van der Waals surface area contributed by atoms with E-state index in [4.69, 9.17) is 9.47 Å². The number of rotatable bonds is 6. The number of nitrogens with one attached hydrogen (secondary N) is 1. The Balaban J connectivity index is 1.51. The third kappa shape index (κ3) is 4.73. The van der Waals surface area contributed by atoms with Crippen molar-refractivity contribution in [1.82, 2.24) is 15.1 Å². The fourth-order valence-corrected chi connectivity index (χ4v) is 2.78. The number of aryl methyl sites for hydroxylation is 1. The zero-order valence-corrected chi connectivity index (χ0v) is 13.8. The molecular formula is C17H20F3N3O2. The normalized spacial score (nSPS) is 20.8. The Bertz CT molecular complexity index is 702. The van der Waals surface area contributed by atoms with Crippen molar-refractivity contribution in [2.45, 2.75) is 24.7 Å². The highest BCUT2D eigenvalue weighted by Gasteiger charge is 2.31. The second-order valence-electron chi connectivity index (χ2n) is 6.05. The van der Waals surface area contributed by atoms with Gasteiger partial charge in [0.05, 0.1) is 37.2 Å². The summed E-state index contributed by atoms with van der Waals surface area (Å²) in [6, 6.07) is 5.40. The molecule has 25 heavy (non-hydrogen) atoms. The van der Waals surface area contributed by atoms with Crippen molar-refractivity contribution in [2.75, 3.05) is 19.8 Å². The summed E-state index contributed by atoms with van der Waals surface area (Å²) < 4.78 is 51.2. The molecule has 0 aliphatic carbocycles. The second kappa shape index (κ2) is 7.45. The molecule has 1 aliphatic rings. The summed E-state index contributed by atoms with van der Waals surface area (Å²) in [5.41, 5.74) is 0.0259. The van der Waals surface area contributed by atoms with Crippen LogP contribution in [0.3, 0.4) is 0 Å². The van der Waals surface area contributed by atoms with Gasteiger partial charge in [0.2, 0.25) is 0 Å². The fourth-order valence-electron chi connectivity index (χ4n) is 2.78. The number of halogens is 3. The predicted molar refractivity (Wildman–Crippen MR) is 85.4 cm³/mol. The maximum absolute atomic E-state index is 12.7. The molecule has 2 atom stereocenters. The Hall–Kier alpha value is -2.06. The van der Waals surface area contributed by atoms with Crippen LogP contribution in [-0.4, -0.2) is 41.7 Å². The van der Waals surface area contributed by atoms with Crippen molar-refractivity contribution in [2.24, 2.45) is 7.05 Å². The van der Waals surface area contributed by atoms with Gasteiger partial charge in [-0.05, 0) is 24.6 Å². The van der Waals surface area contributed by atoms with E-state index in [1.807, 2.05) is 7.05 Å². The minimum absolute atomic E-state index is 0.00833. The van der Waals surface area contributed by atoms with E-state index in [0.717, 1.165) is 6.07 Å². The van der Waals surface area contributed by atoms with Crippen molar-refractivity contribution < 1.29 is 22.6 Å². The molecule has 8 heteroatoms. The van der Waals surface area contributed by atoms with E-state index in [2.05, 4.69) is 10.4 Å². The fraction of sp³-hybridized carbons (Fsp3) is 0.471. The van der Waals surface area contributed by atoms with E-state index >= 15 is 0 Å². The lowest BCUT2D eigenvalue weighted by Gasteiger charge is -2.19. The number of ether oxygens (including phenoxy) is 2. The lowest BCUT2D eigenvalue weighted by Crippen LogP contribution is -2.42. The number of aromatic nitrogens is 2. The highest BCUT2D eigenvalue weighted by Crippen LogP contribution is 2.29. The van der Waals surface area contributed by atoms with E-state index in [-0.39, 0.29) is 12.1 Å². The van der Waals surface area contributed by atoms with Crippen molar-refractivity contribution in [1.29, 1.82) is 0 Å². The summed E-state index contributed by atoms with van der Waals surface area (Å²) in [7, 11) is 1.81. The lowest BCUT2D eigenvalue weighted by molar-refractivity contribution is -0.137. The maximum atomic E-state index is 12.7. The first-order valence-corrected chi connectivity index (χ1v) is 8.04. The molecule has 0 amide bonds. The Labute approximate surface area is 143 Å². The molecule has 2 heterocycles. The summed E-state index contributed by atoms with van der Waals surface area (Å²) in [6.45, 7) is 1.52. The third-order valence-corrected chi connectivity index (χ3v) is 4.07. The average Bonchev–Trinajstić information content (AvgIpc) is 3.17. The van der Waals surface area contributed by atoms with Crippen LogP contribution in [0.2, 0.25) is 0 Å². The minimum atomic E-state index is -4.31. The molecule has 3 rings (SSSR count). The van der Waals surface area contributed by atoms with Crippen LogP contribution in [0.15, 0.2) is 36.7 Å². The molecule has 1 fully saturated rings. The van der Waals surface area contributed by atoms with Crippen LogP contribution in [0, 0.1) is 0 Å². The molecule has 1 aliphatic heterocycles. The summed E-state index contributed by atoms with van der Waals surface area (Å²) in [5, 5.41) is 7.36. The number of nitrogens with zero attached hydrogens (tertiary/aromatic N) is 2. The van der Waals surface area contributed by atoms with E-state index in [1.165, 1.54) is 12.1 Å². The van der Waals surface area contributed by atoms with Gasteiger partial charge in [0.25, 0.3) is 0 Å². The topological polar surface area (TPSA) is 48.3 Å². The van der Waals surface area contributed by atoms with E-state index in [0.29, 0.717) is 37.5 Å². The van der Waals surface area contributed by atoms with E-state index < -0.39 is 11.7 Å². The van der Waals surface area contributed by atoms with Crippen LogP contribution in [0.1, 0.15) is 11.1 Å². The van der Waals surface area contributed by atoms with Crippen molar-refractivity contribution >= 4 is 0 Å². The zero-order valence-electron chi connectivity index (χ0n) is 13.8. The van der Waals surface area contributed by atoms with Crippen LogP contribution in [-0.2, 0) is 24.4 Å². The Kier molecular flexibility index (Phi) is 5.29. The van der Waals surface area contributed by atoms with Gasteiger partial charge in [-0.3, -0.25) is 4.68 Å². The van der Waals surface area contributed by atoms with Crippen LogP contribution >= 0.6 is 0 Å². The molecule has 136 valence electrons. The van der Waals surface area contributed by atoms with Crippen molar-refractivity contribution in [3.8, 4) is 5.75 Å². The molecule has 1 N–H and O–H groups in total. The molecule has 0 spiro atoms. The summed E-state index contributed by atoms with van der Waals surface area (Å²) in [5.74, 6) is 0.669. The first-order valence-electron chi connectivity index (χ1n) is 8.04. The number of alkyl halides is 3. The molecule has 2 aromatic rings. The van der Waals surface area contributed by atoms with Gasteiger partial charge >= 0.3 is 6.18 Å². The highest BCUT2D eigenvalue weighted by atomic mass is 19.4. The van der Waals surface area contributed by atoms with Crippen molar-refractivity contribution in [3.63, 3.8) is 0 Å². The first-order chi connectivity index (χ1) is 11.9. The van der Waals surface area contributed by atoms with Crippen LogP contribution in [0.5, 0.6) is 5.75 Å². The van der Waals surface area contributed by atoms with Gasteiger partial charge in [-0.1, -0.05) is 18.2 Å². The Morgan fingerprint density at radius 2 is 2.20 bits per heavy atom.